The summed E-state index contributed by atoms with van der Waals surface area (Å²) in [5, 5.41) is 0. The van der Waals surface area contributed by atoms with E-state index < -0.39 is 16.1 Å². The van der Waals surface area contributed by atoms with Gasteiger partial charge in [-0.25, -0.2) is 8.42 Å². The molecule has 27 heavy (non-hydrogen) atoms. The molecule has 2 aromatic rings. The molecule has 3 rings (SSSR count). The van der Waals surface area contributed by atoms with E-state index >= 15 is 0 Å². The lowest BCUT2D eigenvalue weighted by Gasteiger charge is -2.34. The van der Waals surface area contributed by atoms with Gasteiger partial charge in [-0.3, -0.25) is 9.10 Å². The van der Waals surface area contributed by atoms with Crippen LogP contribution in [0.2, 0.25) is 0 Å². The van der Waals surface area contributed by atoms with Crippen molar-refractivity contribution in [1.82, 2.24) is 0 Å². The van der Waals surface area contributed by atoms with E-state index in [1.165, 1.54) is 10.6 Å². The van der Waals surface area contributed by atoms with E-state index in [1.54, 1.807) is 4.90 Å². The van der Waals surface area contributed by atoms with Crippen molar-refractivity contribution in [3.63, 3.8) is 0 Å². The molecule has 0 aliphatic carbocycles. The number of anilines is 2. The summed E-state index contributed by atoms with van der Waals surface area (Å²) in [7, 11) is -3.63. The lowest BCUT2D eigenvalue weighted by atomic mass is 10.1. The molecule has 0 fully saturated rings. The zero-order chi connectivity index (χ0) is 19.8. The summed E-state index contributed by atoms with van der Waals surface area (Å²) in [5.41, 5.74) is 4.37. The fraction of sp³-hybridized carbons (Fsp3) is 0.381. The number of amides is 1. The number of nitrogens with zero attached hydrogens (tertiary/aromatic N) is 2. The Labute approximate surface area is 161 Å². The number of rotatable bonds is 5. The Morgan fingerprint density at radius 2 is 1.89 bits per heavy atom. The molecule has 1 heterocycles. The van der Waals surface area contributed by atoms with Gasteiger partial charge in [0.05, 0.1) is 11.9 Å². The lowest BCUT2D eigenvalue weighted by molar-refractivity contribution is -0.119. The molecule has 0 spiro atoms. The lowest BCUT2D eigenvalue weighted by Crippen LogP contribution is -2.50. The number of para-hydroxylation sites is 1. The Morgan fingerprint density at radius 1 is 1.19 bits per heavy atom. The number of carbonyl (C=O) groups excluding carboxylic acids is 1. The molecule has 0 bridgehead atoms. The van der Waals surface area contributed by atoms with Crippen LogP contribution in [0.1, 0.15) is 30.0 Å². The molecule has 5 nitrogen and oxygen atoms in total. The monoisotopic (exact) mass is 386 g/mol. The van der Waals surface area contributed by atoms with Gasteiger partial charge in [0.15, 0.2) is 0 Å². The largest absolute Gasteiger partial charge is 0.310 e. The van der Waals surface area contributed by atoms with Crippen molar-refractivity contribution in [3.05, 3.63) is 59.2 Å². The topological polar surface area (TPSA) is 57.7 Å². The standard InChI is InChI=1S/C21H26N2O3S/c1-5-18(21(24)22-13-12-17-8-6-7-9-19(17)22)23(27(4,25)26)20-14-15(2)10-11-16(20)3/h6-11,14,18H,5,12-13H2,1-4H3. The van der Waals surface area contributed by atoms with E-state index in [2.05, 4.69) is 0 Å². The number of benzene rings is 2. The van der Waals surface area contributed by atoms with Gasteiger partial charge in [0.25, 0.3) is 5.91 Å². The number of hydrogen-bond acceptors (Lipinski definition) is 3. The maximum atomic E-state index is 13.4. The normalized spacial score (nSPS) is 14.7. The molecule has 0 N–H and O–H groups in total. The summed E-state index contributed by atoms with van der Waals surface area (Å²) in [6, 6.07) is 12.7. The van der Waals surface area contributed by atoms with E-state index in [9.17, 15) is 13.2 Å². The fourth-order valence-electron chi connectivity index (χ4n) is 3.72. The molecule has 6 heteroatoms. The first-order chi connectivity index (χ1) is 12.7. The van der Waals surface area contributed by atoms with Gasteiger partial charge in [0, 0.05) is 12.2 Å². The van der Waals surface area contributed by atoms with E-state index in [-0.39, 0.29) is 5.91 Å². The van der Waals surface area contributed by atoms with Gasteiger partial charge in [0.1, 0.15) is 6.04 Å². The third-order valence-corrected chi connectivity index (χ3v) is 6.23. The van der Waals surface area contributed by atoms with Crippen molar-refractivity contribution in [2.45, 2.75) is 39.7 Å². The van der Waals surface area contributed by atoms with Crippen LogP contribution >= 0.6 is 0 Å². The Hall–Kier alpha value is -2.34. The number of sulfonamides is 1. The number of carbonyl (C=O) groups is 1. The van der Waals surface area contributed by atoms with E-state index in [0.717, 1.165) is 28.8 Å². The SMILES string of the molecule is CCC(C(=O)N1CCc2ccccc21)N(c1cc(C)ccc1C)S(C)(=O)=O. The third kappa shape index (κ3) is 3.72. The van der Waals surface area contributed by atoms with Gasteiger partial charge in [-0.05, 0) is 55.5 Å². The third-order valence-electron chi connectivity index (χ3n) is 5.07. The van der Waals surface area contributed by atoms with Crippen molar-refractivity contribution in [3.8, 4) is 0 Å². The predicted octanol–water partition coefficient (Wildman–Crippen LogP) is 3.44. The summed E-state index contributed by atoms with van der Waals surface area (Å²) in [4.78, 5) is 15.1. The minimum Gasteiger partial charge on any atom is -0.310 e. The van der Waals surface area contributed by atoms with Gasteiger partial charge in [-0.15, -0.1) is 0 Å². The second kappa shape index (κ2) is 7.35. The van der Waals surface area contributed by atoms with E-state index in [0.29, 0.717) is 18.7 Å². The molecule has 144 valence electrons. The van der Waals surface area contributed by atoms with Gasteiger partial charge in [-0.2, -0.15) is 0 Å². The van der Waals surface area contributed by atoms with Crippen molar-refractivity contribution < 1.29 is 13.2 Å². The van der Waals surface area contributed by atoms with Crippen LogP contribution in [-0.4, -0.2) is 33.2 Å². The highest BCUT2D eigenvalue weighted by molar-refractivity contribution is 7.92. The summed E-state index contributed by atoms with van der Waals surface area (Å²) < 4.78 is 26.7. The minimum atomic E-state index is -3.63. The van der Waals surface area contributed by atoms with Gasteiger partial charge in [-0.1, -0.05) is 37.3 Å². The first kappa shape index (κ1) is 19.4. The second-order valence-electron chi connectivity index (χ2n) is 7.14. The van der Waals surface area contributed by atoms with Crippen LogP contribution in [0.3, 0.4) is 0 Å². The van der Waals surface area contributed by atoms with Crippen molar-refractivity contribution in [2.75, 3.05) is 22.0 Å². The average Bonchev–Trinajstić information content (AvgIpc) is 3.04. The zero-order valence-electron chi connectivity index (χ0n) is 16.3. The number of aryl methyl sites for hydroxylation is 2. The van der Waals surface area contributed by atoms with Gasteiger partial charge in [0.2, 0.25) is 10.0 Å². The maximum Gasteiger partial charge on any atom is 0.250 e. The van der Waals surface area contributed by atoms with Crippen LogP contribution in [0.25, 0.3) is 0 Å². The van der Waals surface area contributed by atoms with Crippen LogP contribution < -0.4 is 9.21 Å². The molecule has 1 unspecified atom stereocenters. The summed E-state index contributed by atoms with van der Waals surface area (Å²) in [6.07, 6.45) is 2.36. The van der Waals surface area contributed by atoms with Crippen molar-refractivity contribution >= 4 is 27.3 Å². The molecule has 1 aliphatic heterocycles. The Kier molecular flexibility index (Phi) is 5.29. The highest BCUT2D eigenvalue weighted by Crippen LogP contribution is 2.32. The molecule has 1 aliphatic rings. The fourth-order valence-corrected chi connectivity index (χ4v) is 4.98. The first-order valence-electron chi connectivity index (χ1n) is 9.20. The molecule has 0 saturated heterocycles. The van der Waals surface area contributed by atoms with E-state index in [4.69, 9.17) is 0 Å². The molecule has 2 aromatic carbocycles. The van der Waals surface area contributed by atoms with Crippen LogP contribution in [0.5, 0.6) is 0 Å². The summed E-state index contributed by atoms with van der Waals surface area (Å²) in [6.45, 7) is 6.23. The van der Waals surface area contributed by atoms with Crippen LogP contribution in [0, 0.1) is 13.8 Å². The van der Waals surface area contributed by atoms with Crippen molar-refractivity contribution in [1.29, 1.82) is 0 Å². The molecule has 0 aromatic heterocycles. The first-order valence-corrected chi connectivity index (χ1v) is 11.0. The molecule has 0 saturated carbocycles. The van der Waals surface area contributed by atoms with Gasteiger partial charge >= 0.3 is 0 Å². The number of hydrogen-bond donors (Lipinski definition) is 0. The van der Waals surface area contributed by atoms with E-state index in [1.807, 2.05) is 63.2 Å². The predicted molar refractivity (Wildman–Crippen MR) is 110 cm³/mol. The average molecular weight is 387 g/mol. The maximum absolute atomic E-state index is 13.4. The highest BCUT2D eigenvalue weighted by atomic mass is 32.2. The Bertz CT molecular complexity index is 969. The van der Waals surface area contributed by atoms with Crippen LogP contribution in [-0.2, 0) is 21.2 Å². The molecule has 1 atom stereocenters. The molecule has 0 radical (unpaired) electrons. The highest BCUT2D eigenvalue weighted by Gasteiger charge is 2.37. The van der Waals surface area contributed by atoms with Crippen LogP contribution in [0.4, 0.5) is 11.4 Å². The summed E-state index contributed by atoms with van der Waals surface area (Å²) in [5.74, 6) is -0.172. The minimum absolute atomic E-state index is 0.172. The van der Waals surface area contributed by atoms with Gasteiger partial charge < -0.3 is 4.90 Å². The molecular weight excluding hydrogens is 360 g/mol. The van der Waals surface area contributed by atoms with Crippen LogP contribution in [0.15, 0.2) is 42.5 Å². The zero-order valence-corrected chi connectivity index (χ0v) is 17.1. The quantitative estimate of drug-likeness (QED) is 0.791. The Morgan fingerprint density at radius 3 is 2.56 bits per heavy atom. The van der Waals surface area contributed by atoms with Crippen molar-refractivity contribution in [2.24, 2.45) is 0 Å². The summed E-state index contributed by atoms with van der Waals surface area (Å²) >= 11 is 0. The molecular formula is C21H26N2O3S. The smallest absolute Gasteiger partial charge is 0.250 e. The Balaban J connectivity index is 2.05. The molecule has 1 amide bonds. The second-order valence-corrected chi connectivity index (χ2v) is 9.00. The number of fused-ring (bicyclic) bond motifs is 1.